The lowest BCUT2D eigenvalue weighted by Crippen LogP contribution is -2.23. The van der Waals surface area contributed by atoms with Crippen LogP contribution in [0.25, 0.3) is 0 Å². The molecule has 1 aromatic heterocycles. The van der Waals surface area contributed by atoms with Gasteiger partial charge in [0.2, 0.25) is 10.0 Å². The predicted octanol–water partition coefficient (Wildman–Crippen LogP) is 2.18. The minimum absolute atomic E-state index is 0.0124. The van der Waals surface area contributed by atoms with E-state index < -0.39 is 15.9 Å². The molecule has 0 aliphatic heterocycles. The van der Waals surface area contributed by atoms with Crippen LogP contribution in [0.3, 0.4) is 0 Å². The zero-order valence-electron chi connectivity index (χ0n) is 13.1. The fraction of sp³-hybridized carbons (Fsp3) is 0.267. The van der Waals surface area contributed by atoms with Gasteiger partial charge in [0, 0.05) is 19.8 Å². The van der Waals surface area contributed by atoms with Gasteiger partial charge in [0.1, 0.15) is 10.6 Å². The standard InChI is InChI=1S/C15H18N2O5S/c1-4-21-12-8-7-11(10-14(12)23(19,20)17(2)3)16-15(18)13-6-5-9-22-13/h5-10H,4H2,1-3H3,(H,16,18). The molecule has 0 spiro atoms. The SMILES string of the molecule is CCOc1ccc(NC(=O)c2ccco2)cc1S(=O)(=O)N(C)C. The van der Waals surface area contributed by atoms with Gasteiger partial charge in [0.05, 0.1) is 12.9 Å². The van der Waals surface area contributed by atoms with E-state index in [1.165, 1.54) is 38.6 Å². The number of anilines is 1. The number of furan rings is 1. The second kappa shape index (κ2) is 6.84. The summed E-state index contributed by atoms with van der Waals surface area (Å²) in [4.78, 5) is 12.0. The Morgan fingerprint density at radius 3 is 2.61 bits per heavy atom. The molecule has 0 saturated heterocycles. The van der Waals surface area contributed by atoms with Gasteiger partial charge in [-0.1, -0.05) is 0 Å². The van der Waals surface area contributed by atoms with Gasteiger partial charge in [-0.3, -0.25) is 4.79 Å². The predicted molar refractivity (Wildman–Crippen MR) is 85.1 cm³/mol. The quantitative estimate of drug-likeness (QED) is 0.872. The molecule has 0 bridgehead atoms. The first-order valence-corrected chi connectivity index (χ1v) is 8.34. The maximum absolute atomic E-state index is 12.4. The molecule has 0 radical (unpaired) electrons. The van der Waals surface area contributed by atoms with Crippen molar-refractivity contribution in [2.45, 2.75) is 11.8 Å². The number of nitrogens with zero attached hydrogens (tertiary/aromatic N) is 1. The number of amides is 1. The summed E-state index contributed by atoms with van der Waals surface area (Å²) in [7, 11) is -0.849. The highest BCUT2D eigenvalue weighted by Crippen LogP contribution is 2.29. The van der Waals surface area contributed by atoms with Gasteiger partial charge < -0.3 is 14.5 Å². The molecule has 23 heavy (non-hydrogen) atoms. The minimum atomic E-state index is -3.71. The maximum atomic E-state index is 12.4. The summed E-state index contributed by atoms with van der Waals surface area (Å²) in [5.41, 5.74) is 0.329. The highest BCUT2D eigenvalue weighted by atomic mass is 32.2. The van der Waals surface area contributed by atoms with E-state index in [2.05, 4.69) is 5.32 Å². The lowest BCUT2D eigenvalue weighted by molar-refractivity contribution is 0.0996. The number of rotatable bonds is 6. The monoisotopic (exact) mass is 338 g/mol. The van der Waals surface area contributed by atoms with E-state index in [0.29, 0.717) is 12.3 Å². The van der Waals surface area contributed by atoms with Gasteiger partial charge in [-0.2, -0.15) is 0 Å². The van der Waals surface area contributed by atoms with Crippen molar-refractivity contribution in [3.63, 3.8) is 0 Å². The van der Waals surface area contributed by atoms with Gasteiger partial charge in [0.15, 0.2) is 5.76 Å². The van der Waals surface area contributed by atoms with Crippen molar-refractivity contribution in [1.82, 2.24) is 4.31 Å². The molecule has 0 fully saturated rings. The molecule has 1 aromatic carbocycles. The first kappa shape index (κ1) is 17.0. The topological polar surface area (TPSA) is 88.8 Å². The van der Waals surface area contributed by atoms with E-state index in [1.54, 1.807) is 19.1 Å². The minimum Gasteiger partial charge on any atom is -0.492 e. The number of hydrogen-bond donors (Lipinski definition) is 1. The maximum Gasteiger partial charge on any atom is 0.291 e. The van der Waals surface area contributed by atoms with Crippen LogP contribution in [0.5, 0.6) is 5.75 Å². The van der Waals surface area contributed by atoms with E-state index in [0.717, 1.165) is 4.31 Å². The van der Waals surface area contributed by atoms with Crippen molar-refractivity contribution < 1.29 is 22.4 Å². The molecular weight excluding hydrogens is 320 g/mol. The largest absolute Gasteiger partial charge is 0.492 e. The molecule has 2 rings (SSSR count). The fourth-order valence-corrected chi connectivity index (χ4v) is 2.91. The molecule has 0 atom stereocenters. The van der Waals surface area contributed by atoms with Gasteiger partial charge in [-0.25, -0.2) is 12.7 Å². The van der Waals surface area contributed by atoms with Crippen molar-refractivity contribution in [2.75, 3.05) is 26.0 Å². The molecule has 0 aliphatic rings. The Kier molecular flexibility index (Phi) is 5.07. The number of benzene rings is 1. The summed E-state index contributed by atoms with van der Waals surface area (Å²) in [6, 6.07) is 7.55. The highest BCUT2D eigenvalue weighted by molar-refractivity contribution is 7.89. The summed E-state index contributed by atoms with van der Waals surface area (Å²) >= 11 is 0. The molecule has 124 valence electrons. The molecule has 0 unspecified atom stereocenters. The van der Waals surface area contributed by atoms with Crippen LogP contribution in [0.15, 0.2) is 45.9 Å². The molecule has 8 heteroatoms. The van der Waals surface area contributed by atoms with Crippen molar-refractivity contribution in [1.29, 1.82) is 0 Å². The van der Waals surface area contributed by atoms with Crippen LogP contribution in [0.1, 0.15) is 17.5 Å². The van der Waals surface area contributed by atoms with Crippen molar-refractivity contribution >= 4 is 21.6 Å². The molecule has 0 aliphatic carbocycles. The number of carbonyl (C=O) groups excluding carboxylic acids is 1. The first-order chi connectivity index (χ1) is 10.9. The molecule has 0 saturated carbocycles. The molecule has 1 N–H and O–H groups in total. The van der Waals surface area contributed by atoms with Gasteiger partial charge in [-0.05, 0) is 37.3 Å². The van der Waals surface area contributed by atoms with Gasteiger partial charge in [0.25, 0.3) is 5.91 Å². The van der Waals surface area contributed by atoms with Crippen LogP contribution in [0, 0.1) is 0 Å². The lowest BCUT2D eigenvalue weighted by atomic mass is 10.3. The Morgan fingerprint density at radius 1 is 1.30 bits per heavy atom. The van der Waals surface area contributed by atoms with Crippen LogP contribution >= 0.6 is 0 Å². The zero-order valence-corrected chi connectivity index (χ0v) is 13.9. The lowest BCUT2D eigenvalue weighted by Gasteiger charge is -2.16. The van der Waals surface area contributed by atoms with Crippen LogP contribution in [0.4, 0.5) is 5.69 Å². The summed E-state index contributed by atoms with van der Waals surface area (Å²) < 4.78 is 36.3. The summed E-state index contributed by atoms with van der Waals surface area (Å²) in [5, 5.41) is 2.59. The Labute approximate surface area is 134 Å². The Bertz CT molecular complexity index is 782. The van der Waals surface area contributed by atoms with E-state index in [4.69, 9.17) is 9.15 Å². The summed E-state index contributed by atoms with van der Waals surface area (Å²) in [5.74, 6) is -0.0968. The third-order valence-corrected chi connectivity index (χ3v) is 4.84. The average Bonchev–Trinajstić information content (AvgIpc) is 3.03. The van der Waals surface area contributed by atoms with E-state index in [-0.39, 0.29) is 16.4 Å². The third-order valence-electron chi connectivity index (χ3n) is 3.01. The van der Waals surface area contributed by atoms with Gasteiger partial charge >= 0.3 is 0 Å². The Hall–Kier alpha value is -2.32. The number of ether oxygens (including phenoxy) is 1. The second-order valence-electron chi connectivity index (χ2n) is 4.81. The van der Waals surface area contributed by atoms with Crippen LogP contribution in [0.2, 0.25) is 0 Å². The molecule has 2 aromatic rings. The molecule has 1 heterocycles. The molecule has 7 nitrogen and oxygen atoms in total. The summed E-state index contributed by atoms with van der Waals surface area (Å²) in [6.45, 7) is 2.09. The van der Waals surface area contributed by atoms with E-state index >= 15 is 0 Å². The Balaban J connectivity index is 2.38. The normalized spacial score (nSPS) is 11.5. The number of hydrogen-bond acceptors (Lipinski definition) is 5. The van der Waals surface area contributed by atoms with Crippen LogP contribution in [-0.2, 0) is 10.0 Å². The number of carbonyl (C=O) groups is 1. The van der Waals surface area contributed by atoms with Crippen molar-refractivity contribution in [3.05, 3.63) is 42.4 Å². The average molecular weight is 338 g/mol. The number of nitrogens with one attached hydrogen (secondary N) is 1. The third kappa shape index (κ3) is 3.72. The fourth-order valence-electron chi connectivity index (χ4n) is 1.86. The smallest absolute Gasteiger partial charge is 0.291 e. The van der Waals surface area contributed by atoms with E-state index in [1.807, 2.05) is 0 Å². The van der Waals surface area contributed by atoms with E-state index in [9.17, 15) is 13.2 Å². The first-order valence-electron chi connectivity index (χ1n) is 6.90. The van der Waals surface area contributed by atoms with Crippen LogP contribution < -0.4 is 10.1 Å². The highest BCUT2D eigenvalue weighted by Gasteiger charge is 2.23. The molecular formula is C15H18N2O5S. The molecule has 1 amide bonds. The van der Waals surface area contributed by atoms with Crippen LogP contribution in [-0.4, -0.2) is 39.3 Å². The van der Waals surface area contributed by atoms with Gasteiger partial charge in [-0.15, -0.1) is 0 Å². The second-order valence-corrected chi connectivity index (χ2v) is 6.93. The Morgan fingerprint density at radius 2 is 2.04 bits per heavy atom. The summed E-state index contributed by atoms with van der Waals surface area (Å²) in [6.07, 6.45) is 1.38. The zero-order chi connectivity index (χ0) is 17.0. The van der Waals surface area contributed by atoms with Crippen molar-refractivity contribution in [2.24, 2.45) is 0 Å². The van der Waals surface area contributed by atoms with Crippen molar-refractivity contribution in [3.8, 4) is 5.75 Å². The number of sulfonamides is 1.